The molecule has 1 aliphatic heterocycles. The number of rotatable bonds is 44. The van der Waals surface area contributed by atoms with E-state index in [1.807, 2.05) is 0 Å². The molecule has 1 amide bonds. The third kappa shape index (κ3) is 31.3. The van der Waals surface area contributed by atoms with E-state index in [9.17, 15) is 40.5 Å². The number of ether oxygens (including phenoxy) is 2. The van der Waals surface area contributed by atoms with Crippen molar-refractivity contribution in [1.82, 2.24) is 5.32 Å². The van der Waals surface area contributed by atoms with E-state index in [0.29, 0.717) is 19.3 Å². The minimum atomic E-state index is -1.67. The molecule has 11 heteroatoms. The Morgan fingerprint density at radius 3 is 1.41 bits per heavy atom. The minimum absolute atomic E-state index is 0.241. The monoisotopic (exact) mass is 910 g/mol. The van der Waals surface area contributed by atoms with Crippen LogP contribution in [-0.4, -0.2) is 110 Å². The number of hydrogen-bond donors (Lipinski definition) is 8. The lowest BCUT2D eigenvalue weighted by Gasteiger charge is -2.40. The maximum atomic E-state index is 13.1. The number of carbonyl (C=O) groups excluding carboxylic acids is 1. The number of carbonyl (C=O) groups is 1. The standard InChI is InChI=1S/C53H99NO10/c1-3-5-7-9-11-13-15-17-18-19-20-21-22-23-24-25-26-27-29-31-33-35-37-39-41-46(57)52(62)54-44(43-63-53-51(61)50(60)49(59)47(42-55)64-53)48(58)45(56)40-38-36-34-32-30-28-16-14-12-10-8-6-4-2/h6,8,14,16,32,34,44-51,53,55-61H,3-5,7,9-13,15,17-31,33,35-43H2,1-2H3,(H,54,62)/b8-6+,16-14+,34-32+. The molecular formula is C53H99NO10. The van der Waals surface area contributed by atoms with Gasteiger partial charge in [-0.2, -0.15) is 0 Å². The molecular weight excluding hydrogens is 811 g/mol. The van der Waals surface area contributed by atoms with Gasteiger partial charge < -0.3 is 50.5 Å². The van der Waals surface area contributed by atoms with E-state index >= 15 is 0 Å². The summed E-state index contributed by atoms with van der Waals surface area (Å²) in [4.78, 5) is 13.1. The number of unbranched alkanes of at least 4 members (excludes halogenated alkanes) is 26. The summed E-state index contributed by atoms with van der Waals surface area (Å²) in [5, 5.41) is 75.8. The molecule has 0 saturated carbocycles. The second kappa shape index (κ2) is 42.7. The zero-order valence-corrected chi connectivity index (χ0v) is 40.8. The van der Waals surface area contributed by atoms with Crippen molar-refractivity contribution in [2.24, 2.45) is 0 Å². The first-order valence-electron chi connectivity index (χ1n) is 26.4. The summed E-state index contributed by atoms with van der Waals surface area (Å²) in [6.07, 6.45) is 39.3. The molecule has 376 valence electrons. The predicted octanol–water partition coefficient (Wildman–Crippen LogP) is 9.95. The van der Waals surface area contributed by atoms with Crippen LogP contribution in [0.3, 0.4) is 0 Å². The molecule has 9 atom stereocenters. The smallest absolute Gasteiger partial charge is 0.249 e. The van der Waals surface area contributed by atoms with E-state index in [1.54, 1.807) is 0 Å². The molecule has 1 saturated heterocycles. The Kier molecular flexibility index (Phi) is 40.2. The Hall–Kier alpha value is -1.67. The third-order valence-corrected chi connectivity index (χ3v) is 12.7. The number of amides is 1. The Balaban J connectivity index is 2.33. The van der Waals surface area contributed by atoms with Crippen LogP contribution in [0.1, 0.15) is 226 Å². The minimum Gasteiger partial charge on any atom is -0.394 e. The maximum absolute atomic E-state index is 13.1. The summed E-state index contributed by atoms with van der Waals surface area (Å²) in [5.74, 6) is -0.711. The largest absolute Gasteiger partial charge is 0.394 e. The van der Waals surface area contributed by atoms with Gasteiger partial charge in [0.2, 0.25) is 5.91 Å². The zero-order chi connectivity index (χ0) is 46.9. The average molecular weight is 910 g/mol. The van der Waals surface area contributed by atoms with Crippen LogP contribution in [0.2, 0.25) is 0 Å². The zero-order valence-electron chi connectivity index (χ0n) is 40.8. The molecule has 11 nitrogen and oxygen atoms in total. The molecule has 0 radical (unpaired) electrons. The van der Waals surface area contributed by atoms with Gasteiger partial charge in [0, 0.05) is 0 Å². The fraction of sp³-hybridized carbons (Fsp3) is 0.868. The van der Waals surface area contributed by atoms with E-state index in [-0.39, 0.29) is 12.8 Å². The summed E-state index contributed by atoms with van der Waals surface area (Å²) in [7, 11) is 0. The van der Waals surface area contributed by atoms with Gasteiger partial charge in [-0.05, 0) is 57.8 Å². The topological polar surface area (TPSA) is 189 Å². The molecule has 0 aromatic carbocycles. The molecule has 0 aromatic heterocycles. The highest BCUT2D eigenvalue weighted by atomic mass is 16.7. The Labute approximate surface area is 390 Å². The Morgan fingerprint density at radius 1 is 0.547 bits per heavy atom. The lowest BCUT2D eigenvalue weighted by Crippen LogP contribution is -2.60. The van der Waals surface area contributed by atoms with Gasteiger partial charge in [-0.25, -0.2) is 0 Å². The van der Waals surface area contributed by atoms with Crippen molar-refractivity contribution in [2.75, 3.05) is 13.2 Å². The fourth-order valence-electron chi connectivity index (χ4n) is 8.36. The van der Waals surface area contributed by atoms with Crippen LogP contribution >= 0.6 is 0 Å². The van der Waals surface area contributed by atoms with E-state index in [4.69, 9.17) is 9.47 Å². The predicted molar refractivity (Wildman–Crippen MR) is 261 cm³/mol. The summed E-state index contributed by atoms with van der Waals surface area (Å²) >= 11 is 0. The van der Waals surface area contributed by atoms with Gasteiger partial charge in [0.1, 0.15) is 36.6 Å². The maximum Gasteiger partial charge on any atom is 0.249 e. The van der Waals surface area contributed by atoms with Crippen LogP contribution in [0.25, 0.3) is 0 Å². The molecule has 9 unspecified atom stereocenters. The van der Waals surface area contributed by atoms with E-state index in [1.165, 1.54) is 128 Å². The number of nitrogens with one attached hydrogen (secondary N) is 1. The molecule has 1 heterocycles. The van der Waals surface area contributed by atoms with Crippen LogP contribution in [-0.2, 0) is 14.3 Å². The SMILES string of the molecule is CC/C=C/CC/C=C/CC/C=C/CCCC(O)C(O)C(COC1OC(CO)C(O)C(O)C1O)NC(=O)C(O)CCCCCCCCCCCCCCCCCCCCCCCCCC. The van der Waals surface area contributed by atoms with Crippen LogP contribution < -0.4 is 5.32 Å². The highest BCUT2D eigenvalue weighted by Crippen LogP contribution is 2.23. The Morgan fingerprint density at radius 2 is 0.969 bits per heavy atom. The highest BCUT2D eigenvalue weighted by Gasteiger charge is 2.44. The van der Waals surface area contributed by atoms with Crippen molar-refractivity contribution >= 4 is 5.91 Å². The molecule has 8 N–H and O–H groups in total. The molecule has 1 fully saturated rings. The van der Waals surface area contributed by atoms with Crippen LogP contribution in [0.4, 0.5) is 0 Å². The first kappa shape index (κ1) is 60.3. The first-order chi connectivity index (χ1) is 31.2. The third-order valence-electron chi connectivity index (χ3n) is 12.7. The summed E-state index contributed by atoms with van der Waals surface area (Å²) in [6, 6.07) is -1.19. The van der Waals surface area contributed by atoms with Crippen molar-refractivity contribution in [1.29, 1.82) is 0 Å². The Bertz CT molecular complexity index is 1130. The summed E-state index contributed by atoms with van der Waals surface area (Å²) < 4.78 is 11.1. The van der Waals surface area contributed by atoms with Crippen molar-refractivity contribution in [3.05, 3.63) is 36.5 Å². The van der Waals surface area contributed by atoms with Gasteiger partial charge in [-0.1, -0.05) is 204 Å². The lowest BCUT2D eigenvalue weighted by atomic mass is 9.98. The van der Waals surface area contributed by atoms with Crippen molar-refractivity contribution in [3.8, 4) is 0 Å². The fourth-order valence-corrected chi connectivity index (χ4v) is 8.36. The number of hydrogen-bond acceptors (Lipinski definition) is 10. The average Bonchev–Trinajstić information content (AvgIpc) is 3.29. The second-order valence-corrected chi connectivity index (χ2v) is 18.5. The van der Waals surface area contributed by atoms with Gasteiger partial charge >= 0.3 is 0 Å². The van der Waals surface area contributed by atoms with Gasteiger partial charge in [0.05, 0.1) is 25.4 Å². The molecule has 1 rings (SSSR count). The molecule has 64 heavy (non-hydrogen) atoms. The quantitative estimate of drug-likeness (QED) is 0.0216. The van der Waals surface area contributed by atoms with Gasteiger partial charge in [0.15, 0.2) is 6.29 Å². The van der Waals surface area contributed by atoms with Crippen LogP contribution in [0.5, 0.6) is 0 Å². The van der Waals surface area contributed by atoms with E-state index in [0.717, 1.165) is 51.4 Å². The van der Waals surface area contributed by atoms with Crippen molar-refractivity contribution in [2.45, 2.75) is 281 Å². The lowest BCUT2D eigenvalue weighted by molar-refractivity contribution is -0.303. The van der Waals surface area contributed by atoms with Crippen molar-refractivity contribution in [3.63, 3.8) is 0 Å². The molecule has 1 aliphatic rings. The number of allylic oxidation sites excluding steroid dienone is 6. The van der Waals surface area contributed by atoms with Gasteiger partial charge in [-0.3, -0.25) is 4.79 Å². The molecule has 0 spiro atoms. The molecule has 0 bridgehead atoms. The van der Waals surface area contributed by atoms with Gasteiger partial charge in [-0.15, -0.1) is 0 Å². The van der Waals surface area contributed by atoms with Gasteiger partial charge in [0.25, 0.3) is 0 Å². The first-order valence-corrected chi connectivity index (χ1v) is 26.4. The normalized spacial score (nSPS) is 21.3. The molecule has 0 aliphatic carbocycles. The second-order valence-electron chi connectivity index (χ2n) is 18.5. The molecule has 0 aromatic rings. The number of aliphatic hydroxyl groups excluding tert-OH is 7. The number of aliphatic hydroxyl groups is 7. The van der Waals surface area contributed by atoms with Crippen LogP contribution in [0, 0.1) is 0 Å². The van der Waals surface area contributed by atoms with E-state index < -0.39 is 74.2 Å². The van der Waals surface area contributed by atoms with E-state index in [2.05, 4.69) is 55.6 Å². The summed E-state index contributed by atoms with van der Waals surface area (Å²) in [5.41, 5.74) is 0. The van der Waals surface area contributed by atoms with Crippen LogP contribution in [0.15, 0.2) is 36.5 Å². The summed E-state index contributed by atoms with van der Waals surface area (Å²) in [6.45, 7) is 3.32. The highest BCUT2D eigenvalue weighted by molar-refractivity contribution is 5.80. The van der Waals surface area contributed by atoms with Crippen molar-refractivity contribution < 1.29 is 50.0 Å².